The molecule has 3 aromatic rings. The lowest BCUT2D eigenvalue weighted by Gasteiger charge is -2.09. The number of hydrogen-bond donors (Lipinski definition) is 1. The quantitative estimate of drug-likeness (QED) is 0.322. The molecule has 1 N–H and O–H groups in total. The van der Waals surface area contributed by atoms with Gasteiger partial charge >= 0.3 is 0 Å². The molecule has 0 saturated heterocycles. The van der Waals surface area contributed by atoms with Crippen molar-refractivity contribution in [1.29, 1.82) is 0 Å². The van der Waals surface area contributed by atoms with Gasteiger partial charge in [-0.3, -0.25) is 9.59 Å². The van der Waals surface area contributed by atoms with Crippen molar-refractivity contribution in [2.45, 2.75) is 16.7 Å². The molecule has 33 heavy (non-hydrogen) atoms. The number of rotatable bonds is 6. The van der Waals surface area contributed by atoms with E-state index in [0.29, 0.717) is 26.9 Å². The summed E-state index contributed by atoms with van der Waals surface area (Å²) in [6.07, 6.45) is 0.00461. The fraction of sp³-hybridized carbons (Fsp3) is 0.167. The van der Waals surface area contributed by atoms with Crippen LogP contribution in [0.4, 0.5) is 10.1 Å². The van der Waals surface area contributed by atoms with Gasteiger partial charge in [0.05, 0.1) is 16.5 Å². The molecule has 1 aliphatic rings. The summed E-state index contributed by atoms with van der Waals surface area (Å²) in [5.74, 6) is -2.18. The maximum Gasteiger partial charge on any atom is 0.257 e. The molecule has 2 atom stereocenters. The summed E-state index contributed by atoms with van der Waals surface area (Å²) in [5.41, 5.74) is 1.86. The molecule has 0 bridgehead atoms. The minimum atomic E-state index is -1.28. The van der Waals surface area contributed by atoms with Gasteiger partial charge in [0.25, 0.3) is 5.91 Å². The van der Waals surface area contributed by atoms with Crippen LogP contribution >= 0.6 is 58.0 Å². The SMILES string of the molecule is O=C(Nc1ccc(F)cc1)c1cc(CC(=O)C2C(c3cc(Cl)cc(Cl)c3)C2(Cl)Cl)ccc1Cl. The maximum atomic E-state index is 13.1. The van der Waals surface area contributed by atoms with Gasteiger partial charge in [-0.05, 0) is 65.7 Å². The molecule has 1 amide bonds. The zero-order chi connectivity index (χ0) is 23.9. The van der Waals surface area contributed by atoms with Crippen LogP contribution in [0.15, 0.2) is 60.7 Å². The van der Waals surface area contributed by atoms with Gasteiger partial charge in [0.15, 0.2) is 0 Å². The molecule has 3 aromatic carbocycles. The second-order valence-electron chi connectivity index (χ2n) is 7.75. The number of anilines is 1. The van der Waals surface area contributed by atoms with Crippen LogP contribution < -0.4 is 5.32 Å². The highest BCUT2D eigenvalue weighted by Crippen LogP contribution is 2.65. The first-order valence-electron chi connectivity index (χ1n) is 9.78. The van der Waals surface area contributed by atoms with Gasteiger partial charge < -0.3 is 5.32 Å². The average Bonchev–Trinajstić information content (AvgIpc) is 3.32. The van der Waals surface area contributed by atoms with Crippen molar-refractivity contribution in [3.63, 3.8) is 0 Å². The Labute approximate surface area is 214 Å². The Kier molecular flexibility index (Phi) is 6.95. The lowest BCUT2D eigenvalue weighted by molar-refractivity contribution is -0.119. The van der Waals surface area contributed by atoms with Crippen molar-refractivity contribution in [2.75, 3.05) is 5.32 Å². The Morgan fingerprint density at radius 2 is 1.55 bits per heavy atom. The van der Waals surface area contributed by atoms with Gasteiger partial charge in [-0.2, -0.15) is 0 Å². The first-order valence-corrected chi connectivity index (χ1v) is 11.7. The standard InChI is InChI=1S/C24H15Cl5FNO2/c25-14-9-13(10-15(26)11-14)21-22(24(21,28)29)20(32)8-12-1-6-19(27)18(7-12)23(33)31-17-4-2-16(30)3-5-17/h1-7,9-11,21-22H,8H2,(H,31,33). The Bertz CT molecular complexity index is 1230. The smallest absolute Gasteiger partial charge is 0.257 e. The Hall–Kier alpha value is -1.82. The highest BCUT2D eigenvalue weighted by Gasteiger charge is 2.67. The summed E-state index contributed by atoms with van der Waals surface area (Å²) in [6.45, 7) is 0. The summed E-state index contributed by atoms with van der Waals surface area (Å²) in [7, 11) is 0. The molecule has 1 aliphatic carbocycles. The number of carbonyl (C=O) groups is 2. The second kappa shape index (κ2) is 9.44. The molecular weight excluding hydrogens is 531 g/mol. The summed E-state index contributed by atoms with van der Waals surface area (Å²) in [5, 5.41) is 3.72. The summed E-state index contributed by atoms with van der Waals surface area (Å²) in [6, 6.07) is 15.0. The molecule has 0 aromatic heterocycles. The van der Waals surface area contributed by atoms with E-state index < -0.39 is 27.9 Å². The van der Waals surface area contributed by atoms with Crippen LogP contribution in [0.25, 0.3) is 0 Å². The van der Waals surface area contributed by atoms with E-state index in [4.69, 9.17) is 58.0 Å². The zero-order valence-electron chi connectivity index (χ0n) is 16.7. The summed E-state index contributed by atoms with van der Waals surface area (Å²) >= 11 is 31.2. The van der Waals surface area contributed by atoms with Crippen molar-refractivity contribution in [3.05, 3.63) is 98.2 Å². The van der Waals surface area contributed by atoms with Crippen LogP contribution in [0.5, 0.6) is 0 Å². The largest absolute Gasteiger partial charge is 0.322 e. The fourth-order valence-electron chi connectivity index (χ4n) is 3.80. The first kappa shape index (κ1) is 24.3. The van der Waals surface area contributed by atoms with Gasteiger partial charge in [-0.1, -0.05) is 40.9 Å². The number of carbonyl (C=O) groups excluding carboxylic acids is 2. The van der Waals surface area contributed by atoms with Crippen LogP contribution in [0.1, 0.15) is 27.4 Å². The topological polar surface area (TPSA) is 46.2 Å². The van der Waals surface area contributed by atoms with E-state index in [0.717, 1.165) is 0 Å². The number of amides is 1. The van der Waals surface area contributed by atoms with Gasteiger partial charge in [-0.25, -0.2) is 4.39 Å². The van der Waals surface area contributed by atoms with Gasteiger partial charge in [-0.15, -0.1) is 23.2 Å². The third-order valence-electron chi connectivity index (χ3n) is 5.40. The maximum absolute atomic E-state index is 13.1. The molecule has 9 heteroatoms. The van der Waals surface area contributed by atoms with Crippen molar-refractivity contribution in [1.82, 2.24) is 0 Å². The summed E-state index contributed by atoms with van der Waals surface area (Å²) < 4.78 is 11.8. The summed E-state index contributed by atoms with van der Waals surface area (Å²) in [4.78, 5) is 25.7. The lowest BCUT2D eigenvalue weighted by atomic mass is 10.0. The molecular formula is C24H15Cl5FNO2. The fourth-order valence-corrected chi connectivity index (χ4v) is 5.42. The predicted molar refractivity (Wildman–Crippen MR) is 132 cm³/mol. The normalized spacial score (nSPS) is 18.6. The zero-order valence-corrected chi connectivity index (χ0v) is 20.5. The molecule has 1 fully saturated rings. The third kappa shape index (κ3) is 5.31. The van der Waals surface area contributed by atoms with Gasteiger partial charge in [0.1, 0.15) is 15.9 Å². The minimum Gasteiger partial charge on any atom is -0.322 e. The van der Waals surface area contributed by atoms with E-state index in [-0.39, 0.29) is 22.8 Å². The van der Waals surface area contributed by atoms with Gasteiger partial charge in [0.2, 0.25) is 0 Å². The molecule has 0 heterocycles. The highest BCUT2D eigenvalue weighted by molar-refractivity contribution is 6.53. The Morgan fingerprint density at radius 1 is 0.909 bits per heavy atom. The van der Waals surface area contributed by atoms with E-state index in [2.05, 4.69) is 5.32 Å². The third-order valence-corrected chi connectivity index (χ3v) is 7.11. The molecule has 3 nitrogen and oxygen atoms in total. The molecule has 1 saturated carbocycles. The van der Waals surface area contributed by atoms with Crippen molar-refractivity contribution < 1.29 is 14.0 Å². The number of benzene rings is 3. The molecule has 2 unspecified atom stereocenters. The number of nitrogens with one attached hydrogen (secondary N) is 1. The second-order valence-corrected chi connectivity index (χ2v) is 10.5. The van der Waals surface area contributed by atoms with E-state index in [1.165, 1.54) is 30.3 Å². The van der Waals surface area contributed by atoms with Crippen molar-refractivity contribution in [3.8, 4) is 0 Å². The van der Waals surface area contributed by atoms with Gasteiger partial charge in [0, 0.05) is 28.1 Å². The number of hydrogen-bond acceptors (Lipinski definition) is 2. The van der Waals surface area contributed by atoms with E-state index in [1.54, 1.807) is 30.3 Å². The van der Waals surface area contributed by atoms with E-state index in [1.807, 2.05) is 0 Å². The number of Topliss-reactive ketones (excluding diaryl/α,β-unsaturated/α-hetero) is 1. The van der Waals surface area contributed by atoms with Crippen LogP contribution in [-0.4, -0.2) is 16.0 Å². The van der Waals surface area contributed by atoms with Crippen LogP contribution in [0.2, 0.25) is 15.1 Å². The Morgan fingerprint density at radius 3 is 2.18 bits per heavy atom. The average molecular weight is 546 g/mol. The number of ketones is 1. The number of alkyl halides is 2. The first-order chi connectivity index (χ1) is 15.6. The highest BCUT2D eigenvalue weighted by atomic mass is 35.5. The lowest BCUT2D eigenvalue weighted by Crippen LogP contribution is -2.14. The van der Waals surface area contributed by atoms with Crippen LogP contribution in [0.3, 0.4) is 0 Å². The Balaban J connectivity index is 1.50. The monoisotopic (exact) mass is 543 g/mol. The molecule has 0 aliphatic heterocycles. The molecule has 0 radical (unpaired) electrons. The van der Waals surface area contributed by atoms with E-state index >= 15 is 0 Å². The molecule has 4 rings (SSSR count). The van der Waals surface area contributed by atoms with E-state index in [9.17, 15) is 14.0 Å². The van der Waals surface area contributed by atoms with Crippen LogP contribution in [-0.2, 0) is 11.2 Å². The van der Waals surface area contributed by atoms with Crippen LogP contribution in [0, 0.1) is 11.7 Å². The molecule has 0 spiro atoms. The van der Waals surface area contributed by atoms with Crippen molar-refractivity contribution in [2.24, 2.45) is 5.92 Å². The van der Waals surface area contributed by atoms with Crippen molar-refractivity contribution >= 4 is 75.4 Å². The predicted octanol–water partition coefficient (Wildman–Crippen LogP) is 7.74. The molecule has 170 valence electrons. The minimum absolute atomic E-state index is 0.00461. The number of halogens is 6.